The lowest BCUT2D eigenvalue weighted by atomic mass is 10.1. The molecule has 0 amide bonds. The molecule has 2 aromatic rings. The molecule has 74 valence electrons. The van der Waals surface area contributed by atoms with Crippen molar-refractivity contribution in [2.75, 3.05) is 0 Å². The molecule has 0 aliphatic heterocycles. The van der Waals surface area contributed by atoms with Gasteiger partial charge in [-0.25, -0.2) is 0 Å². The van der Waals surface area contributed by atoms with Crippen LogP contribution in [0.2, 0.25) is 0 Å². The second-order valence-corrected chi connectivity index (χ2v) is 4.64. The Morgan fingerprint density at radius 2 is 2.00 bits per heavy atom. The average Bonchev–Trinajstić information content (AvgIpc) is 2.44. The SMILES string of the molecule is CCc1[nH]c2c(C)cc(Br)cc2c1C. The number of nitrogens with one attached hydrogen (secondary N) is 1. The molecule has 0 radical (unpaired) electrons. The van der Waals surface area contributed by atoms with Gasteiger partial charge in [-0.05, 0) is 43.5 Å². The maximum absolute atomic E-state index is 3.53. The van der Waals surface area contributed by atoms with Gasteiger partial charge in [0.05, 0.1) is 0 Å². The molecule has 0 bridgehead atoms. The molecule has 0 saturated carbocycles. The lowest BCUT2D eigenvalue weighted by Gasteiger charge is -1.98. The summed E-state index contributed by atoms with van der Waals surface area (Å²) in [6.45, 7) is 6.51. The Bertz CT molecular complexity index is 483. The van der Waals surface area contributed by atoms with Gasteiger partial charge in [-0.1, -0.05) is 22.9 Å². The summed E-state index contributed by atoms with van der Waals surface area (Å²) in [5.74, 6) is 0. The third kappa shape index (κ3) is 1.38. The smallest absolute Gasteiger partial charge is 0.0489 e. The summed E-state index contributed by atoms with van der Waals surface area (Å²) < 4.78 is 1.16. The van der Waals surface area contributed by atoms with Crippen LogP contribution in [-0.4, -0.2) is 4.98 Å². The van der Waals surface area contributed by atoms with Crippen LogP contribution in [0.3, 0.4) is 0 Å². The van der Waals surface area contributed by atoms with Crippen molar-refractivity contribution in [2.24, 2.45) is 0 Å². The largest absolute Gasteiger partial charge is 0.358 e. The molecule has 0 fully saturated rings. The van der Waals surface area contributed by atoms with E-state index in [1.807, 2.05) is 0 Å². The van der Waals surface area contributed by atoms with Crippen molar-refractivity contribution < 1.29 is 0 Å². The molecule has 1 aromatic heterocycles. The second kappa shape index (κ2) is 3.43. The van der Waals surface area contributed by atoms with E-state index in [9.17, 15) is 0 Å². The fourth-order valence-corrected chi connectivity index (χ4v) is 2.54. The highest BCUT2D eigenvalue weighted by atomic mass is 79.9. The predicted octanol–water partition coefficient (Wildman–Crippen LogP) is 4.11. The van der Waals surface area contributed by atoms with E-state index in [1.165, 1.54) is 27.7 Å². The van der Waals surface area contributed by atoms with Crippen molar-refractivity contribution in [3.8, 4) is 0 Å². The summed E-state index contributed by atoms with van der Waals surface area (Å²) in [5.41, 5.74) is 5.31. The van der Waals surface area contributed by atoms with Gasteiger partial charge < -0.3 is 4.98 Å². The standard InChI is InChI=1S/C12H14BrN/c1-4-11-8(3)10-6-9(13)5-7(2)12(10)14-11/h5-6,14H,4H2,1-3H3. The van der Waals surface area contributed by atoms with Crippen LogP contribution < -0.4 is 0 Å². The summed E-state index contributed by atoms with van der Waals surface area (Å²) in [6, 6.07) is 4.34. The highest BCUT2D eigenvalue weighted by Crippen LogP contribution is 2.28. The van der Waals surface area contributed by atoms with Crippen LogP contribution in [-0.2, 0) is 6.42 Å². The molecule has 0 atom stereocenters. The van der Waals surface area contributed by atoms with Gasteiger partial charge in [-0.2, -0.15) is 0 Å². The number of aryl methyl sites for hydroxylation is 3. The number of fused-ring (bicyclic) bond motifs is 1. The molecule has 2 heteroatoms. The van der Waals surface area contributed by atoms with Gasteiger partial charge in [0, 0.05) is 21.1 Å². The minimum atomic E-state index is 1.07. The lowest BCUT2D eigenvalue weighted by Crippen LogP contribution is -1.81. The van der Waals surface area contributed by atoms with Crippen molar-refractivity contribution in [3.05, 3.63) is 33.4 Å². The number of aromatic amines is 1. The molecule has 0 aliphatic carbocycles. The van der Waals surface area contributed by atoms with E-state index in [0.717, 1.165) is 10.9 Å². The Morgan fingerprint density at radius 1 is 1.29 bits per heavy atom. The first-order chi connectivity index (χ1) is 6.63. The first-order valence-electron chi connectivity index (χ1n) is 4.90. The van der Waals surface area contributed by atoms with E-state index in [4.69, 9.17) is 0 Å². The number of benzene rings is 1. The van der Waals surface area contributed by atoms with Gasteiger partial charge >= 0.3 is 0 Å². The zero-order valence-corrected chi connectivity index (χ0v) is 10.3. The number of aromatic nitrogens is 1. The number of halogens is 1. The summed E-state index contributed by atoms with van der Waals surface area (Å²) in [7, 11) is 0. The van der Waals surface area contributed by atoms with Crippen LogP contribution in [0.5, 0.6) is 0 Å². The minimum absolute atomic E-state index is 1.07. The minimum Gasteiger partial charge on any atom is -0.358 e. The Hall–Kier alpha value is -0.760. The summed E-state index contributed by atoms with van der Waals surface area (Å²) in [4.78, 5) is 3.49. The van der Waals surface area contributed by atoms with Gasteiger partial charge in [0.2, 0.25) is 0 Å². The Labute approximate surface area is 92.6 Å². The quantitative estimate of drug-likeness (QED) is 0.786. The molecule has 1 heterocycles. The van der Waals surface area contributed by atoms with E-state index >= 15 is 0 Å². The molecule has 0 unspecified atom stereocenters. The Morgan fingerprint density at radius 3 is 2.64 bits per heavy atom. The van der Waals surface area contributed by atoms with Crippen molar-refractivity contribution in [3.63, 3.8) is 0 Å². The normalized spacial score (nSPS) is 11.1. The van der Waals surface area contributed by atoms with Crippen molar-refractivity contribution in [1.29, 1.82) is 0 Å². The summed E-state index contributed by atoms with van der Waals surface area (Å²) in [5, 5.41) is 1.34. The van der Waals surface area contributed by atoms with E-state index in [2.05, 4.69) is 53.8 Å². The maximum atomic E-state index is 3.53. The predicted molar refractivity (Wildman–Crippen MR) is 64.9 cm³/mol. The van der Waals surface area contributed by atoms with E-state index in [1.54, 1.807) is 0 Å². The van der Waals surface area contributed by atoms with Crippen LogP contribution in [0.15, 0.2) is 16.6 Å². The van der Waals surface area contributed by atoms with Crippen LogP contribution >= 0.6 is 15.9 Å². The highest BCUT2D eigenvalue weighted by molar-refractivity contribution is 9.10. The van der Waals surface area contributed by atoms with Crippen molar-refractivity contribution >= 4 is 26.8 Å². The van der Waals surface area contributed by atoms with Crippen molar-refractivity contribution in [1.82, 2.24) is 4.98 Å². The van der Waals surface area contributed by atoms with E-state index in [-0.39, 0.29) is 0 Å². The molecule has 1 N–H and O–H groups in total. The number of rotatable bonds is 1. The van der Waals surface area contributed by atoms with Gasteiger partial charge in [-0.15, -0.1) is 0 Å². The van der Waals surface area contributed by atoms with E-state index in [0.29, 0.717) is 0 Å². The highest BCUT2D eigenvalue weighted by Gasteiger charge is 2.08. The van der Waals surface area contributed by atoms with Crippen molar-refractivity contribution in [2.45, 2.75) is 27.2 Å². The molecule has 1 nitrogen and oxygen atoms in total. The van der Waals surface area contributed by atoms with Gasteiger partial charge in [0.15, 0.2) is 0 Å². The summed E-state index contributed by atoms with van der Waals surface area (Å²) >= 11 is 3.53. The van der Waals surface area contributed by atoms with Crippen LogP contribution in [0, 0.1) is 13.8 Å². The van der Waals surface area contributed by atoms with Crippen LogP contribution in [0.25, 0.3) is 10.9 Å². The fourth-order valence-electron chi connectivity index (χ4n) is 1.97. The zero-order valence-electron chi connectivity index (χ0n) is 8.74. The maximum Gasteiger partial charge on any atom is 0.0489 e. The molecular formula is C12H14BrN. The van der Waals surface area contributed by atoms with Crippen LogP contribution in [0.1, 0.15) is 23.7 Å². The zero-order chi connectivity index (χ0) is 10.3. The molecule has 0 aliphatic rings. The number of hydrogen-bond donors (Lipinski definition) is 1. The van der Waals surface area contributed by atoms with Gasteiger partial charge in [0.25, 0.3) is 0 Å². The molecular weight excluding hydrogens is 238 g/mol. The van der Waals surface area contributed by atoms with E-state index < -0.39 is 0 Å². The Kier molecular flexibility index (Phi) is 2.40. The Balaban J connectivity index is 2.85. The van der Waals surface area contributed by atoms with Crippen LogP contribution in [0.4, 0.5) is 0 Å². The first kappa shape index (κ1) is 9.78. The molecule has 2 rings (SSSR count). The monoisotopic (exact) mass is 251 g/mol. The topological polar surface area (TPSA) is 15.8 Å². The average molecular weight is 252 g/mol. The molecule has 0 spiro atoms. The number of hydrogen-bond acceptors (Lipinski definition) is 0. The van der Waals surface area contributed by atoms with Gasteiger partial charge in [0.1, 0.15) is 0 Å². The van der Waals surface area contributed by atoms with Gasteiger partial charge in [-0.3, -0.25) is 0 Å². The third-order valence-electron chi connectivity index (χ3n) is 2.79. The molecule has 1 aromatic carbocycles. The lowest BCUT2D eigenvalue weighted by molar-refractivity contribution is 1.05. The third-order valence-corrected chi connectivity index (χ3v) is 3.24. The number of H-pyrrole nitrogens is 1. The molecule has 0 saturated heterocycles. The second-order valence-electron chi connectivity index (χ2n) is 3.73. The molecule has 14 heavy (non-hydrogen) atoms. The fraction of sp³-hybridized carbons (Fsp3) is 0.333. The first-order valence-corrected chi connectivity index (χ1v) is 5.70. The summed E-state index contributed by atoms with van der Waals surface area (Å²) in [6.07, 6.45) is 1.07.